The van der Waals surface area contributed by atoms with Gasteiger partial charge in [-0.1, -0.05) is 6.07 Å². The monoisotopic (exact) mass is 257 g/mol. The lowest BCUT2D eigenvalue weighted by atomic mass is 10.2. The van der Waals surface area contributed by atoms with Crippen molar-refractivity contribution in [1.29, 1.82) is 0 Å². The maximum Gasteiger partial charge on any atom is 0.354 e. The number of H-pyrrole nitrogens is 1. The molecule has 3 rings (SSSR count). The lowest BCUT2D eigenvalue weighted by Gasteiger charge is -2.02. The van der Waals surface area contributed by atoms with E-state index in [1.807, 2.05) is 6.07 Å². The van der Waals surface area contributed by atoms with Crippen molar-refractivity contribution in [3.8, 4) is 11.5 Å². The molecule has 0 saturated heterocycles. The van der Waals surface area contributed by atoms with Gasteiger partial charge in [-0.05, 0) is 30.4 Å². The summed E-state index contributed by atoms with van der Waals surface area (Å²) in [4.78, 5) is 32.8. The SMILES string of the molecule is O=C(O)c1cc(=O)[nH]c(-c2ccc(C3CC3)cn2)n1. The van der Waals surface area contributed by atoms with Gasteiger partial charge in [0.1, 0.15) is 5.69 Å². The Labute approximate surface area is 108 Å². The molecule has 0 aromatic carbocycles. The van der Waals surface area contributed by atoms with Crippen molar-refractivity contribution in [1.82, 2.24) is 15.0 Å². The number of hydrogen-bond acceptors (Lipinski definition) is 4. The third-order valence-electron chi connectivity index (χ3n) is 3.04. The van der Waals surface area contributed by atoms with Crippen LogP contribution in [0.2, 0.25) is 0 Å². The molecule has 0 unspecified atom stereocenters. The van der Waals surface area contributed by atoms with Crippen molar-refractivity contribution in [2.45, 2.75) is 18.8 Å². The van der Waals surface area contributed by atoms with Gasteiger partial charge in [-0.25, -0.2) is 9.78 Å². The normalized spacial score (nSPS) is 14.3. The van der Waals surface area contributed by atoms with E-state index in [0.717, 1.165) is 6.07 Å². The molecule has 1 saturated carbocycles. The number of carboxylic acid groups (broad SMARTS) is 1. The first-order valence-electron chi connectivity index (χ1n) is 5.94. The highest BCUT2D eigenvalue weighted by molar-refractivity contribution is 5.85. The Balaban J connectivity index is 2.00. The molecule has 0 aliphatic heterocycles. The molecule has 19 heavy (non-hydrogen) atoms. The van der Waals surface area contributed by atoms with Crippen LogP contribution in [0.15, 0.2) is 29.2 Å². The molecule has 2 heterocycles. The summed E-state index contributed by atoms with van der Waals surface area (Å²) < 4.78 is 0. The summed E-state index contributed by atoms with van der Waals surface area (Å²) >= 11 is 0. The van der Waals surface area contributed by atoms with Crippen LogP contribution in [-0.4, -0.2) is 26.0 Å². The average Bonchev–Trinajstić information content (AvgIpc) is 3.22. The fourth-order valence-corrected chi connectivity index (χ4v) is 1.89. The standard InChI is InChI=1S/C13H11N3O3/c17-11-5-10(13(18)19)15-12(16-11)9-4-3-8(6-14-9)7-1-2-7/h3-7H,1-2H2,(H,18,19)(H,15,16,17). The topological polar surface area (TPSA) is 95.9 Å². The third kappa shape index (κ3) is 2.37. The largest absolute Gasteiger partial charge is 0.477 e. The van der Waals surface area contributed by atoms with Crippen LogP contribution in [0.5, 0.6) is 0 Å². The van der Waals surface area contributed by atoms with E-state index in [1.54, 1.807) is 12.3 Å². The maximum atomic E-state index is 11.4. The molecule has 1 fully saturated rings. The Hall–Kier alpha value is -2.50. The van der Waals surface area contributed by atoms with Crippen LogP contribution in [0.1, 0.15) is 34.8 Å². The second-order valence-electron chi connectivity index (χ2n) is 4.54. The Bertz CT molecular complexity index is 687. The lowest BCUT2D eigenvalue weighted by molar-refractivity contribution is 0.0690. The Morgan fingerprint density at radius 3 is 2.74 bits per heavy atom. The number of rotatable bonds is 3. The van der Waals surface area contributed by atoms with Crippen LogP contribution < -0.4 is 5.56 Å². The highest BCUT2D eigenvalue weighted by Crippen LogP contribution is 2.39. The first-order valence-corrected chi connectivity index (χ1v) is 5.94. The van der Waals surface area contributed by atoms with Gasteiger partial charge in [0.15, 0.2) is 11.5 Å². The molecule has 2 aromatic rings. The Morgan fingerprint density at radius 1 is 1.37 bits per heavy atom. The predicted molar refractivity (Wildman–Crippen MR) is 67.0 cm³/mol. The summed E-state index contributed by atoms with van der Waals surface area (Å²) in [5, 5.41) is 8.87. The molecule has 2 aromatic heterocycles. The minimum Gasteiger partial charge on any atom is -0.477 e. The lowest BCUT2D eigenvalue weighted by Crippen LogP contribution is -2.14. The molecule has 96 valence electrons. The van der Waals surface area contributed by atoms with Crippen molar-refractivity contribution in [3.63, 3.8) is 0 Å². The van der Waals surface area contributed by atoms with Gasteiger partial charge in [0.25, 0.3) is 5.56 Å². The molecular formula is C13H11N3O3. The van der Waals surface area contributed by atoms with Gasteiger partial charge in [0.2, 0.25) is 0 Å². The zero-order valence-corrected chi connectivity index (χ0v) is 9.96. The smallest absolute Gasteiger partial charge is 0.354 e. The highest BCUT2D eigenvalue weighted by Gasteiger charge is 2.23. The fourth-order valence-electron chi connectivity index (χ4n) is 1.89. The molecule has 0 radical (unpaired) electrons. The molecule has 6 heteroatoms. The van der Waals surface area contributed by atoms with Gasteiger partial charge < -0.3 is 10.1 Å². The van der Waals surface area contributed by atoms with Crippen molar-refractivity contribution in [2.24, 2.45) is 0 Å². The molecule has 0 bridgehead atoms. The van der Waals surface area contributed by atoms with Gasteiger partial charge >= 0.3 is 5.97 Å². The minimum atomic E-state index is -1.23. The average molecular weight is 257 g/mol. The van der Waals surface area contributed by atoms with E-state index in [2.05, 4.69) is 15.0 Å². The number of hydrogen-bond donors (Lipinski definition) is 2. The number of carboxylic acids is 1. The second kappa shape index (κ2) is 4.31. The zero-order chi connectivity index (χ0) is 13.4. The number of nitrogens with zero attached hydrogens (tertiary/aromatic N) is 2. The maximum absolute atomic E-state index is 11.4. The zero-order valence-electron chi connectivity index (χ0n) is 9.96. The van der Waals surface area contributed by atoms with E-state index in [4.69, 9.17) is 5.11 Å². The quantitative estimate of drug-likeness (QED) is 0.866. The molecule has 1 aliphatic carbocycles. The summed E-state index contributed by atoms with van der Waals surface area (Å²) in [6, 6.07) is 4.63. The van der Waals surface area contributed by atoms with Crippen molar-refractivity contribution >= 4 is 5.97 Å². The second-order valence-corrected chi connectivity index (χ2v) is 4.54. The number of aromatic carboxylic acids is 1. The Kier molecular flexibility index (Phi) is 2.63. The van der Waals surface area contributed by atoms with Gasteiger partial charge in [0.05, 0.1) is 0 Å². The first-order chi connectivity index (χ1) is 9.13. The minimum absolute atomic E-state index is 0.173. The summed E-state index contributed by atoms with van der Waals surface area (Å²) in [7, 11) is 0. The number of aromatic nitrogens is 3. The van der Waals surface area contributed by atoms with Crippen LogP contribution in [0.4, 0.5) is 0 Å². The molecule has 1 aliphatic rings. The first kappa shape index (κ1) is 11.6. The van der Waals surface area contributed by atoms with Crippen LogP contribution in [0.3, 0.4) is 0 Å². The number of carbonyl (C=O) groups is 1. The molecule has 0 spiro atoms. The van der Waals surface area contributed by atoms with Crippen LogP contribution in [0, 0.1) is 0 Å². The van der Waals surface area contributed by atoms with Gasteiger partial charge in [-0.2, -0.15) is 0 Å². The molecular weight excluding hydrogens is 246 g/mol. The molecule has 0 amide bonds. The summed E-state index contributed by atoms with van der Waals surface area (Å²) in [5.41, 5.74) is 0.840. The molecule has 6 nitrogen and oxygen atoms in total. The van der Waals surface area contributed by atoms with Gasteiger partial charge in [0, 0.05) is 12.3 Å². The fraction of sp³-hybridized carbons (Fsp3) is 0.231. The van der Waals surface area contributed by atoms with Crippen LogP contribution >= 0.6 is 0 Å². The number of nitrogens with one attached hydrogen (secondary N) is 1. The Morgan fingerprint density at radius 2 is 2.16 bits per heavy atom. The van der Waals surface area contributed by atoms with Gasteiger partial charge in [-0.3, -0.25) is 9.78 Å². The van der Waals surface area contributed by atoms with Gasteiger partial charge in [-0.15, -0.1) is 0 Å². The summed E-state index contributed by atoms with van der Waals surface area (Å²) in [6.45, 7) is 0. The van der Waals surface area contributed by atoms with E-state index < -0.39 is 11.5 Å². The van der Waals surface area contributed by atoms with Crippen LogP contribution in [0.25, 0.3) is 11.5 Å². The van der Waals surface area contributed by atoms with E-state index in [-0.39, 0.29) is 11.5 Å². The number of aromatic amines is 1. The summed E-state index contributed by atoms with van der Waals surface area (Å²) in [6.07, 6.45) is 4.12. The van der Waals surface area contributed by atoms with Crippen molar-refractivity contribution in [3.05, 3.63) is 46.0 Å². The van der Waals surface area contributed by atoms with E-state index in [0.29, 0.717) is 11.6 Å². The van der Waals surface area contributed by atoms with E-state index in [9.17, 15) is 9.59 Å². The van der Waals surface area contributed by atoms with Crippen molar-refractivity contribution in [2.75, 3.05) is 0 Å². The highest BCUT2D eigenvalue weighted by atomic mass is 16.4. The van der Waals surface area contributed by atoms with Crippen LogP contribution in [-0.2, 0) is 0 Å². The van der Waals surface area contributed by atoms with Crippen molar-refractivity contribution < 1.29 is 9.90 Å². The van der Waals surface area contributed by atoms with E-state index >= 15 is 0 Å². The van der Waals surface area contributed by atoms with E-state index in [1.165, 1.54) is 18.4 Å². The third-order valence-corrected chi connectivity index (χ3v) is 3.04. The predicted octanol–water partition coefficient (Wildman–Crippen LogP) is 1.41. The summed E-state index contributed by atoms with van der Waals surface area (Å²) in [5.74, 6) is -0.465. The number of pyridine rings is 1. The molecule has 0 atom stereocenters. The molecule has 2 N–H and O–H groups in total.